The second-order valence-electron chi connectivity index (χ2n) is 5.91. The van der Waals surface area contributed by atoms with Gasteiger partial charge >= 0.3 is 0 Å². The quantitative estimate of drug-likeness (QED) is 0.725. The van der Waals surface area contributed by atoms with Crippen molar-refractivity contribution in [3.63, 3.8) is 0 Å². The maximum absolute atomic E-state index is 4.77. The summed E-state index contributed by atoms with van der Waals surface area (Å²) in [6.45, 7) is 4.99. The molecule has 5 heteroatoms. The summed E-state index contributed by atoms with van der Waals surface area (Å²) in [6, 6.07) is 8.34. The van der Waals surface area contributed by atoms with E-state index in [9.17, 15) is 0 Å². The monoisotopic (exact) mass is 307 g/mol. The molecule has 0 N–H and O–H groups in total. The number of hydrogen-bond acceptors (Lipinski definition) is 5. The van der Waals surface area contributed by atoms with E-state index < -0.39 is 0 Å². The normalized spacial score (nSPS) is 12.7. The fourth-order valence-corrected chi connectivity index (χ4v) is 2.56. The Balaban J connectivity index is 1.74. The van der Waals surface area contributed by atoms with Crippen molar-refractivity contribution in [2.75, 3.05) is 7.05 Å². The van der Waals surface area contributed by atoms with Crippen LogP contribution in [0.2, 0.25) is 0 Å². The van der Waals surface area contributed by atoms with E-state index in [2.05, 4.69) is 33.8 Å². The molecule has 1 aromatic carbocycles. The minimum absolute atomic E-state index is 0.347. The van der Waals surface area contributed by atoms with E-state index in [1.807, 2.05) is 37.4 Å². The van der Waals surface area contributed by atoms with Crippen LogP contribution in [0, 0.1) is 6.92 Å². The Morgan fingerprint density at radius 1 is 1.09 bits per heavy atom. The maximum atomic E-state index is 4.77. The van der Waals surface area contributed by atoms with Gasteiger partial charge in [-0.2, -0.15) is 0 Å². The lowest BCUT2D eigenvalue weighted by molar-refractivity contribution is 0.243. The number of para-hydroxylation sites is 2. The predicted molar refractivity (Wildman–Crippen MR) is 90.9 cm³/mol. The molecule has 0 saturated carbocycles. The van der Waals surface area contributed by atoms with Gasteiger partial charge in [-0.1, -0.05) is 12.1 Å². The molecule has 3 aromatic rings. The summed E-state index contributed by atoms with van der Waals surface area (Å²) >= 11 is 0. The van der Waals surface area contributed by atoms with Crippen molar-refractivity contribution in [3.8, 4) is 0 Å². The predicted octanol–water partition coefficient (Wildman–Crippen LogP) is 2.79. The highest BCUT2D eigenvalue weighted by atomic mass is 15.1. The Labute approximate surface area is 136 Å². The van der Waals surface area contributed by atoms with Crippen LogP contribution >= 0.6 is 0 Å². The third-order valence-electron chi connectivity index (χ3n) is 4.12. The van der Waals surface area contributed by atoms with E-state index in [-0.39, 0.29) is 0 Å². The van der Waals surface area contributed by atoms with Crippen LogP contribution in [0.1, 0.15) is 24.0 Å². The van der Waals surface area contributed by atoms with Crippen LogP contribution in [0.4, 0.5) is 0 Å². The van der Waals surface area contributed by atoms with E-state index in [1.54, 1.807) is 12.4 Å². The Hall–Kier alpha value is -2.40. The zero-order valence-electron chi connectivity index (χ0n) is 13.8. The molecule has 0 fully saturated rings. The number of likely N-dealkylation sites (N-methyl/N-ethyl adjacent to an activating group) is 1. The van der Waals surface area contributed by atoms with Crippen LogP contribution in [0.15, 0.2) is 42.9 Å². The highest BCUT2D eigenvalue weighted by Crippen LogP contribution is 2.15. The van der Waals surface area contributed by atoms with Gasteiger partial charge in [0.2, 0.25) is 0 Å². The van der Waals surface area contributed by atoms with Crippen molar-refractivity contribution >= 4 is 11.0 Å². The van der Waals surface area contributed by atoms with Gasteiger partial charge in [-0.3, -0.25) is 14.9 Å². The van der Waals surface area contributed by atoms with Gasteiger partial charge in [-0.05, 0) is 33.0 Å². The molecule has 0 saturated heterocycles. The van der Waals surface area contributed by atoms with Gasteiger partial charge in [-0.15, -0.1) is 0 Å². The van der Waals surface area contributed by atoms with E-state index in [0.29, 0.717) is 6.04 Å². The summed E-state index contributed by atoms with van der Waals surface area (Å²) in [7, 11) is 2.11. The molecular formula is C18H21N5. The van der Waals surface area contributed by atoms with Crippen molar-refractivity contribution in [2.45, 2.75) is 32.9 Å². The Kier molecular flexibility index (Phi) is 4.57. The number of aromatic nitrogens is 4. The SMILES string of the molecule is Cc1nc2ccccc2nc1CN(C)[C@H](C)Cc1cnccn1. The highest BCUT2D eigenvalue weighted by Gasteiger charge is 2.14. The lowest BCUT2D eigenvalue weighted by Crippen LogP contribution is -2.31. The summed E-state index contributed by atoms with van der Waals surface area (Å²) in [4.78, 5) is 20.2. The lowest BCUT2D eigenvalue weighted by Gasteiger charge is -2.24. The van der Waals surface area contributed by atoms with E-state index in [4.69, 9.17) is 4.98 Å². The number of fused-ring (bicyclic) bond motifs is 1. The van der Waals surface area contributed by atoms with Gasteiger partial charge in [0.1, 0.15) is 0 Å². The molecule has 0 amide bonds. The minimum atomic E-state index is 0.347. The van der Waals surface area contributed by atoms with Crippen molar-refractivity contribution < 1.29 is 0 Å². The molecule has 0 radical (unpaired) electrons. The first-order valence-electron chi connectivity index (χ1n) is 7.81. The number of aryl methyl sites for hydroxylation is 1. The Morgan fingerprint density at radius 3 is 2.52 bits per heavy atom. The summed E-state index contributed by atoms with van der Waals surface area (Å²) in [5.41, 5.74) is 4.92. The van der Waals surface area contributed by atoms with Crippen LogP contribution in [0.5, 0.6) is 0 Å². The molecule has 2 heterocycles. The summed E-state index contributed by atoms with van der Waals surface area (Å²) in [6.07, 6.45) is 6.13. The second kappa shape index (κ2) is 6.79. The van der Waals surface area contributed by atoms with Gasteiger partial charge in [0.15, 0.2) is 0 Å². The summed E-state index contributed by atoms with van der Waals surface area (Å²) in [5, 5.41) is 0. The van der Waals surface area contributed by atoms with Crippen LogP contribution in [0.25, 0.3) is 11.0 Å². The topological polar surface area (TPSA) is 54.8 Å². The minimum Gasteiger partial charge on any atom is -0.297 e. The average Bonchev–Trinajstić information content (AvgIpc) is 2.56. The first-order chi connectivity index (χ1) is 11.1. The number of nitrogens with zero attached hydrogens (tertiary/aromatic N) is 5. The van der Waals surface area contributed by atoms with E-state index >= 15 is 0 Å². The third kappa shape index (κ3) is 3.68. The van der Waals surface area contributed by atoms with Crippen molar-refractivity contribution in [1.29, 1.82) is 0 Å². The van der Waals surface area contributed by atoms with Gasteiger partial charge < -0.3 is 0 Å². The van der Waals surface area contributed by atoms with Gasteiger partial charge in [0, 0.05) is 37.6 Å². The zero-order valence-corrected chi connectivity index (χ0v) is 13.8. The van der Waals surface area contributed by atoms with Crippen molar-refractivity contribution in [3.05, 3.63) is 59.9 Å². The molecule has 0 spiro atoms. The van der Waals surface area contributed by atoms with Crippen LogP contribution < -0.4 is 0 Å². The number of benzene rings is 1. The fraction of sp³-hybridized carbons (Fsp3) is 0.333. The zero-order chi connectivity index (χ0) is 16.2. The van der Waals surface area contributed by atoms with Gasteiger partial charge in [0.05, 0.1) is 28.1 Å². The molecule has 2 aromatic heterocycles. The van der Waals surface area contributed by atoms with Crippen molar-refractivity contribution in [2.24, 2.45) is 0 Å². The Bertz CT molecular complexity index is 788. The molecule has 1 atom stereocenters. The first kappa shape index (κ1) is 15.5. The van der Waals surface area contributed by atoms with E-state index in [1.165, 1.54) is 0 Å². The third-order valence-corrected chi connectivity index (χ3v) is 4.12. The fourth-order valence-electron chi connectivity index (χ4n) is 2.56. The molecule has 0 unspecified atom stereocenters. The average molecular weight is 307 g/mol. The summed E-state index contributed by atoms with van der Waals surface area (Å²) in [5.74, 6) is 0. The largest absolute Gasteiger partial charge is 0.297 e. The van der Waals surface area contributed by atoms with Gasteiger partial charge in [0.25, 0.3) is 0 Å². The van der Waals surface area contributed by atoms with E-state index in [0.717, 1.165) is 41.1 Å². The Morgan fingerprint density at radius 2 is 1.83 bits per heavy atom. The molecule has 3 rings (SSSR count). The molecule has 0 aliphatic carbocycles. The molecule has 0 bridgehead atoms. The smallest absolute Gasteiger partial charge is 0.0890 e. The van der Waals surface area contributed by atoms with Gasteiger partial charge in [-0.25, -0.2) is 9.97 Å². The van der Waals surface area contributed by atoms with Crippen molar-refractivity contribution in [1.82, 2.24) is 24.8 Å². The standard InChI is InChI=1S/C18H21N5/c1-13(10-15-11-19-8-9-20-15)23(3)12-18-14(2)21-16-6-4-5-7-17(16)22-18/h4-9,11,13H,10,12H2,1-3H3/t13-/m1/s1. The van der Waals surface area contributed by atoms with Crippen LogP contribution in [0.3, 0.4) is 0 Å². The number of hydrogen-bond donors (Lipinski definition) is 0. The molecule has 5 nitrogen and oxygen atoms in total. The second-order valence-corrected chi connectivity index (χ2v) is 5.91. The summed E-state index contributed by atoms with van der Waals surface area (Å²) < 4.78 is 0. The lowest BCUT2D eigenvalue weighted by atomic mass is 10.1. The molecule has 0 aliphatic heterocycles. The molecule has 0 aliphatic rings. The molecular weight excluding hydrogens is 286 g/mol. The number of rotatable bonds is 5. The van der Waals surface area contributed by atoms with Crippen LogP contribution in [-0.4, -0.2) is 37.9 Å². The highest BCUT2D eigenvalue weighted by molar-refractivity contribution is 5.74. The molecule has 118 valence electrons. The van der Waals surface area contributed by atoms with Crippen LogP contribution in [-0.2, 0) is 13.0 Å². The maximum Gasteiger partial charge on any atom is 0.0890 e. The molecule has 23 heavy (non-hydrogen) atoms. The first-order valence-corrected chi connectivity index (χ1v) is 7.81.